The third-order valence-corrected chi connectivity index (χ3v) is 4.56. The number of ether oxygens (including phenoxy) is 1. The first-order valence-electron chi connectivity index (χ1n) is 7.77. The van der Waals surface area contributed by atoms with Gasteiger partial charge in [0, 0.05) is 51.2 Å². The number of hydrogen-bond acceptors (Lipinski definition) is 5. The molecule has 0 spiro atoms. The number of aromatic nitrogens is 3. The van der Waals surface area contributed by atoms with Crippen LogP contribution in [0.25, 0.3) is 5.52 Å². The zero-order valence-corrected chi connectivity index (χ0v) is 12.2. The lowest BCUT2D eigenvalue weighted by molar-refractivity contribution is 0.148. The van der Waals surface area contributed by atoms with Crippen molar-refractivity contribution in [2.45, 2.75) is 18.9 Å². The van der Waals surface area contributed by atoms with Gasteiger partial charge in [0.1, 0.15) is 5.52 Å². The maximum absolute atomic E-state index is 5.53. The van der Waals surface area contributed by atoms with E-state index < -0.39 is 0 Å². The fourth-order valence-electron chi connectivity index (χ4n) is 3.41. The van der Waals surface area contributed by atoms with E-state index in [-0.39, 0.29) is 0 Å². The molecule has 0 aliphatic carbocycles. The maximum atomic E-state index is 5.53. The second-order valence-electron chi connectivity index (χ2n) is 5.81. The van der Waals surface area contributed by atoms with E-state index in [0.29, 0.717) is 6.04 Å². The molecule has 0 radical (unpaired) electrons. The Bertz CT molecular complexity index is 607. The van der Waals surface area contributed by atoms with Crippen LogP contribution in [0.3, 0.4) is 0 Å². The smallest absolute Gasteiger partial charge is 0.154 e. The van der Waals surface area contributed by atoms with Gasteiger partial charge in [-0.15, -0.1) is 0 Å². The van der Waals surface area contributed by atoms with Crippen molar-refractivity contribution in [3.8, 4) is 0 Å². The summed E-state index contributed by atoms with van der Waals surface area (Å²) in [6, 6.07) is 2.65. The Morgan fingerprint density at radius 3 is 3.05 bits per heavy atom. The molecule has 112 valence electrons. The van der Waals surface area contributed by atoms with Crippen molar-refractivity contribution in [2.75, 3.05) is 44.3 Å². The summed E-state index contributed by atoms with van der Waals surface area (Å²) < 4.78 is 7.43. The summed E-state index contributed by atoms with van der Waals surface area (Å²) in [6.07, 6.45) is 7.92. The molecule has 2 saturated heterocycles. The van der Waals surface area contributed by atoms with E-state index in [1.165, 1.54) is 12.8 Å². The molecule has 4 rings (SSSR count). The largest absolute Gasteiger partial charge is 0.380 e. The normalized spacial score (nSPS) is 24.6. The number of fused-ring (bicyclic) bond motifs is 1. The Kier molecular flexibility index (Phi) is 3.48. The third kappa shape index (κ3) is 2.49. The van der Waals surface area contributed by atoms with E-state index in [4.69, 9.17) is 4.74 Å². The highest BCUT2D eigenvalue weighted by Crippen LogP contribution is 2.21. The molecule has 2 aliphatic rings. The van der Waals surface area contributed by atoms with Gasteiger partial charge in [0.2, 0.25) is 0 Å². The summed E-state index contributed by atoms with van der Waals surface area (Å²) >= 11 is 0. The Hall–Kier alpha value is -1.66. The Labute approximate surface area is 124 Å². The minimum Gasteiger partial charge on any atom is -0.380 e. The van der Waals surface area contributed by atoms with E-state index in [0.717, 1.165) is 50.7 Å². The molecule has 6 nitrogen and oxygen atoms in total. The Balaban J connectivity index is 1.52. The number of anilines is 1. The van der Waals surface area contributed by atoms with Crippen LogP contribution in [0.4, 0.5) is 5.82 Å². The van der Waals surface area contributed by atoms with E-state index in [2.05, 4.69) is 19.9 Å². The number of hydrogen-bond donors (Lipinski definition) is 0. The average molecular weight is 287 g/mol. The molecule has 1 unspecified atom stereocenters. The lowest BCUT2D eigenvalue weighted by Gasteiger charge is -2.26. The second-order valence-corrected chi connectivity index (χ2v) is 5.81. The van der Waals surface area contributed by atoms with E-state index >= 15 is 0 Å². The van der Waals surface area contributed by atoms with Gasteiger partial charge >= 0.3 is 0 Å². The van der Waals surface area contributed by atoms with Crippen LogP contribution in [0.15, 0.2) is 24.7 Å². The van der Waals surface area contributed by atoms with E-state index in [9.17, 15) is 0 Å². The quantitative estimate of drug-likeness (QED) is 0.825. The summed E-state index contributed by atoms with van der Waals surface area (Å²) in [5.74, 6) is 1.06. The predicted molar refractivity (Wildman–Crippen MR) is 80.6 cm³/mol. The van der Waals surface area contributed by atoms with Gasteiger partial charge in [-0.2, -0.15) is 5.10 Å². The van der Waals surface area contributed by atoms with Crippen LogP contribution in [0, 0.1) is 0 Å². The van der Waals surface area contributed by atoms with Gasteiger partial charge in [0.15, 0.2) is 5.82 Å². The standard InChI is InChI=1S/C15H21N5O/c1-6-18(13-3-11-21-12-13)9-10-19(7-1)15-14-2-4-17-20(14)8-5-16-15/h2,4-5,8,13H,1,3,6-7,9-12H2. The van der Waals surface area contributed by atoms with Crippen LogP contribution in [0.2, 0.25) is 0 Å². The summed E-state index contributed by atoms with van der Waals surface area (Å²) in [7, 11) is 0. The SMILES string of the molecule is c1cn2nccc2c(N2CCCN(C3CCOC3)CC2)n1. The van der Waals surface area contributed by atoms with Gasteiger partial charge in [-0.3, -0.25) is 4.90 Å². The fourth-order valence-corrected chi connectivity index (χ4v) is 3.41. The highest BCUT2D eigenvalue weighted by Gasteiger charge is 2.26. The monoisotopic (exact) mass is 287 g/mol. The van der Waals surface area contributed by atoms with Gasteiger partial charge in [0.05, 0.1) is 12.8 Å². The fraction of sp³-hybridized carbons (Fsp3) is 0.600. The molecule has 0 aromatic carbocycles. The summed E-state index contributed by atoms with van der Waals surface area (Å²) in [5, 5.41) is 4.30. The van der Waals surface area contributed by atoms with Crippen LogP contribution in [0.5, 0.6) is 0 Å². The molecular weight excluding hydrogens is 266 g/mol. The zero-order valence-electron chi connectivity index (χ0n) is 12.2. The molecule has 6 heteroatoms. The molecule has 0 bridgehead atoms. The summed E-state index contributed by atoms with van der Waals surface area (Å²) in [5.41, 5.74) is 1.09. The molecule has 21 heavy (non-hydrogen) atoms. The molecule has 2 aromatic heterocycles. The molecule has 4 heterocycles. The van der Waals surface area contributed by atoms with Gasteiger partial charge in [0.25, 0.3) is 0 Å². The Morgan fingerprint density at radius 1 is 1.14 bits per heavy atom. The van der Waals surface area contributed by atoms with E-state index in [1.807, 2.05) is 29.2 Å². The van der Waals surface area contributed by atoms with Crippen LogP contribution >= 0.6 is 0 Å². The molecule has 1 atom stereocenters. The first kappa shape index (κ1) is 13.0. The molecule has 0 N–H and O–H groups in total. The minimum atomic E-state index is 0.615. The molecular formula is C15H21N5O. The summed E-state index contributed by atoms with van der Waals surface area (Å²) in [4.78, 5) is 9.57. The van der Waals surface area contributed by atoms with E-state index in [1.54, 1.807) is 0 Å². The first-order valence-corrected chi connectivity index (χ1v) is 7.77. The Morgan fingerprint density at radius 2 is 2.14 bits per heavy atom. The van der Waals surface area contributed by atoms with Crippen LogP contribution in [0.1, 0.15) is 12.8 Å². The topological polar surface area (TPSA) is 45.9 Å². The van der Waals surface area contributed by atoms with Gasteiger partial charge < -0.3 is 9.64 Å². The van der Waals surface area contributed by atoms with Crippen LogP contribution in [-0.2, 0) is 4.74 Å². The molecule has 0 saturated carbocycles. The van der Waals surface area contributed by atoms with Crippen molar-refractivity contribution >= 4 is 11.3 Å². The van der Waals surface area contributed by atoms with Crippen molar-refractivity contribution in [1.29, 1.82) is 0 Å². The average Bonchev–Trinajstić information content (AvgIpc) is 3.14. The van der Waals surface area contributed by atoms with Crippen molar-refractivity contribution in [1.82, 2.24) is 19.5 Å². The highest BCUT2D eigenvalue weighted by molar-refractivity contribution is 5.68. The minimum absolute atomic E-state index is 0.615. The van der Waals surface area contributed by atoms with Gasteiger partial charge in [-0.05, 0) is 18.9 Å². The number of nitrogens with zero attached hydrogens (tertiary/aromatic N) is 5. The number of rotatable bonds is 2. The molecule has 2 aromatic rings. The van der Waals surface area contributed by atoms with Crippen molar-refractivity contribution < 1.29 is 4.74 Å². The van der Waals surface area contributed by atoms with Crippen molar-refractivity contribution in [2.24, 2.45) is 0 Å². The first-order chi connectivity index (χ1) is 10.4. The van der Waals surface area contributed by atoms with Crippen molar-refractivity contribution in [3.63, 3.8) is 0 Å². The van der Waals surface area contributed by atoms with Crippen LogP contribution < -0.4 is 4.90 Å². The molecule has 0 amide bonds. The van der Waals surface area contributed by atoms with Gasteiger partial charge in [-0.1, -0.05) is 0 Å². The highest BCUT2D eigenvalue weighted by atomic mass is 16.5. The van der Waals surface area contributed by atoms with Crippen LogP contribution in [-0.4, -0.2) is 64.9 Å². The lowest BCUT2D eigenvalue weighted by atomic mass is 10.2. The van der Waals surface area contributed by atoms with Crippen molar-refractivity contribution in [3.05, 3.63) is 24.7 Å². The predicted octanol–water partition coefficient (Wildman–Crippen LogP) is 1.03. The van der Waals surface area contributed by atoms with Gasteiger partial charge in [-0.25, -0.2) is 9.50 Å². The zero-order chi connectivity index (χ0) is 14.1. The third-order valence-electron chi connectivity index (χ3n) is 4.56. The summed E-state index contributed by atoms with van der Waals surface area (Å²) in [6.45, 7) is 6.14. The maximum Gasteiger partial charge on any atom is 0.154 e. The molecule has 2 aliphatic heterocycles. The molecule has 2 fully saturated rings. The second kappa shape index (κ2) is 5.61. The lowest BCUT2D eigenvalue weighted by Crippen LogP contribution is -2.38.